The Morgan fingerprint density at radius 2 is 2.00 bits per heavy atom. The minimum absolute atomic E-state index is 0.493. The number of likely N-dealkylation sites (tertiary alicyclic amines) is 1. The van der Waals surface area contributed by atoms with Crippen LogP contribution in [0.25, 0.3) is 0 Å². The highest BCUT2D eigenvalue weighted by Crippen LogP contribution is 2.26. The highest BCUT2D eigenvalue weighted by atomic mass is 16.1. The lowest BCUT2D eigenvalue weighted by Gasteiger charge is -2.36. The molecule has 0 saturated carbocycles. The quantitative estimate of drug-likeness (QED) is 0.487. The molecule has 0 unspecified atom stereocenters. The Kier molecular flexibility index (Phi) is 3.40. The molecule has 1 rings (SSSR count). The molecular formula is C10H15N3O. The van der Waals surface area contributed by atoms with Gasteiger partial charge in [0.05, 0.1) is 6.07 Å². The fraction of sp³-hybridized carbons (Fsp3) is 0.800. The normalized spacial score (nSPS) is 21.3. The van der Waals surface area contributed by atoms with Crippen molar-refractivity contribution in [1.29, 1.82) is 5.26 Å². The predicted molar refractivity (Wildman–Crippen MR) is 52.4 cm³/mol. The third-order valence-corrected chi connectivity index (χ3v) is 2.82. The molecule has 4 heteroatoms. The molecule has 1 fully saturated rings. The van der Waals surface area contributed by atoms with Crippen LogP contribution in [0.15, 0.2) is 4.99 Å². The molecule has 0 radical (unpaired) electrons. The first-order chi connectivity index (χ1) is 6.63. The first kappa shape index (κ1) is 10.9. The summed E-state index contributed by atoms with van der Waals surface area (Å²) in [5.41, 5.74) is -0.798. The number of nitrogens with zero attached hydrogens (tertiary/aromatic N) is 3. The van der Waals surface area contributed by atoms with E-state index in [-0.39, 0.29) is 0 Å². The number of piperidine rings is 1. The summed E-state index contributed by atoms with van der Waals surface area (Å²) in [6.07, 6.45) is 2.78. The largest absolute Gasteiger partial charge is 0.301 e. The van der Waals surface area contributed by atoms with Gasteiger partial charge in [0, 0.05) is 19.1 Å². The van der Waals surface area contributed by atoms with Gasteiger partial charge >= 0.3 is 0 Å². The van der Waals surface area contributed by atoms with E-state index < -0.39 is 5.54 Å². The van der Waals surface area contributed by atoms with Gasteiger partial charge in [-0.1, -0.05) is 0 Å². The third kappa shape index (κ3) is 2.20. The molecule has 0 aromatic rings. The fourth-order valence-corrected chi connectivity index (χ4v) is 1.75. The van der Waals surface area contributed by atoms with Crippen molar-refractivity contribution in [3.63, 3.8) is 0 Å². The van der Waals surface area contributed by atoms with Crippen LogP contribution in [0.4, 0.5) is 0 Å². The number of nitriles is 1. The van der Waals surface area contributed by atoms with Crippen LogP contribution in [0, 0.1) is 11.3 Å². The number of isocyanates is 1. The summed E-state index contributed by atoms with van der Waals surface area (Å²) in [7, 11) is 0. The molecule has 0 N–H and O–H groups in total. The van der Waals surface area contributed by atoms with Crippen LogP contribution >= 0.6 is 0 Å². The van der Waals surface area contributed by atoms with Crippen LogP contribution in [0.2, 0.25) is 0 Å². The third-order valence-electron chi connectivity index (χ3n) is 2.82. The zero-order valence-electron chi connectivity index (χ0n) is 8.66. The van der Waals surface area contributed by atoms with E-state index in [9.17, 15) is 4.79 Å². The second-order valence-corrected chi connectivity index (χ2v) is 3.98. The maximum Gasteiger partial charge on any atom is 0.236 e. The zero-order valence-corrected chi connectivity index (χ0v) is 8.66. The summed E-state index contributed by atoms with van der Waals surface area (Å²) in [6.45, 7) is 5.91. The van der Waals surface area contributed by atoms with E-state index in [2.05, 4.69) is 29.8 Å². The number of aliphatic imine (C=N–C) groups is 1. The van der Waals surface area contributed by atoms with Crippen LogP contribution in [0.3, 0.4) is 0 Å². The minimum Gasteiger partial charge on any atom is -0.301 e. The van der Waals surface area contributed by atoms with Gasteiger partial charge in [-0.3, -0.25) is 0 Å². The van der Waals surface area contributed by atoms with Gasteiger partial charge in [-0.25, -0.2) is 4.79 Å². The fourth-order valence-electron chi connectivity index (χ4n) is 1.75. The number of hydrogen-bond donors (Lipinski definition) is 0. The summed E-state index contributed by atoms with van der Waals surface area (Å²) in [5, 5.41) is 8.96. The van der Waals surface area contributed by atoms with E-state index in [0.717, 1.165) is 13.1 Å². The number of carbonyl (C=O) groups excluding carboxylic acids is 1. The van der Waals surface area contributed by atoms with Gasteiger partial charge in [-0.2, -0.15) is 10.3 Å². The monoisotopic (exact) mass is 193 g/mol. The van der Waals surface area contributed by atoms with E-state index in [1.807, 2.05) is 0 Å². The molecule has 1 aliphatic heterocycles. The Morgan fingerprint density at radius 1 is 1.43 bits per heavy atom. The first-order valence-electron chi connectivity index (χ1n) is 4.88. The van der Waals surface area contributed by atoms with Gasteiger partial charge in [-0.05, 0) is 26.7 Å². The molecule has 0 aliphatic carbocycles. The molecule has 0 amide bonds. The van der Waals surface area contributed by atoms with Gasteiger partial charge in [0.25, 0.3) is 0 Å². The van der Waals surface area contributed by atoms with Crippen molar-refractivity contribution in [3.8, 4) is 6.07 Å². The van der Waals surface area contributed by atoms with Crippen molar-refractivity contribution in [3.05, 3.63) is 0 Å². The molecule has 14 heavy (non-hydrogen) atoms. The van der Waals surface area contributed by atoms with Crippen molar-refractivity contribution in [1.82, 2.24) is 4.90 Å². The van der Waals surface area contributed by atoms with Crippen molar-refractivity contribution >= 4 is 6.08 Å². The number of hydrogen-bond acceptors (Lipinski definition) is 4. The molecule has 1 aliphatic rings. The first-order valence-corrected chi connectivity index (χ1v) is 4.88. The SMILES string of the molecule is CC(C)N1CCC(C#N)(N=C=O)CC1. The Bertz CT molecular complexity index is 278. The molecule has 0 aromatic heterocycles. The van der Waals surface area contributed by atoms with Crippen LogP contribution in [0.1, 0.15) is 26.7 Å². The Hall–Kier alpha value is -1.17. The highest BCUT2D eigenvalue weighted by Gasteiger charge is 2.35. The Balaban J connectivity index is 2.65. The van der Waals surface area contributed by atoms with Gasteiger partial charge in [0.1, 0.15) is 0 Å². The van der Waals surface area contributed by atoms with Crippen LogP contribution in [-0.2, 0) is 4.79 Å². The van der Waals surface area contributed by atoms with Gasteiger partial charge in [-0.15, -0.1) is 0 Å². The Labute approximate surface area is 84.2 Å². The molecule has 0 atom stereocenters. The van der Waals surface area contributed by atoms with E-state index in [0.29, 0.717) is 18.9 Å². The second kappa shape index (κ2) is 4.36. The lowest BCUT2D eigenvalue weighted by Crippen LogP contribution is -2.45. The van der Waals surface area contributed by atoms with E-state index in [1.165, 1.54) is 6.08 Å². The summed E-state index contributed by atoms with van der Waals surface area (Å²) < 4.78 is 0. The van der Waals surface area contributed by atoms with Gasteiger partial charge < -0.3 is 4.90 Å². The molecule has 1 saturated heterocycles. The lowest BCUT2D eigenvalue weighted by molar-refractivity contribution is 0.154. The highest BCUT2D eigenvalue weighted by molar-refractivity contribution is 5.37. The standard InChI is InChI=1S/C10H15N3O/c1-9(2)13-5-3-10(7-11,4-6-13)12-8-14/h9H,3-6H2,1-2H3. The average Bonchev–Trinajstić information content (AvgIpc) is 2.19. The molecule has 4 nitrogen and oxygen atoms in total. The van der Waals surface area contributed by atoms with Gasteiger partial charge in [0.2, 0.25) is 6.08 Å². The van der Waals surface area contributed by atoms with Crippen molar-refractivity contribution in [2.75, 3.05) is 13.1 Å². The molecule has 76 valence electrons. The van der Waals surface area contributed by atoms with E-state index in [1.54, 1.807) is 0 Å². The van der Waals surface area contributed by atoms with E-state index in [4.69, 9.17) is 5.26 Å². The maximum absolute atomic E-state index is 10.2. The summed E-state index contributed by atoms with van der Waals surface area (Å²) >= 11 is 0. The van der Waals surface area contributed by atoms with Crippen LogP contribution in [0.5, 0.6) is 0 Å². The topological polar surface area (TPSA) is 56.5 Å². The number of rotatable bonds is 2. The lowest BCUT2D eigenvalue weighted by atomic mass is 9.89. The smallest absolute Gasteiger partial charge is 0.236 e. The van der Waals surface area contributed by atoms with Crippen molar-refractivity contribution in [2.24, 2.45) is 4.99 Å². The van der Waals surface area contributed by atoms with Crippen LogP contribution < -0.4 is 0 Å². The minimum atomic E-state index is -0.798. The van der Waals surface area contributed by atoms with Crippen LogP contribution in [-0.4, -0.2) is 35.7 Å². The Morgan fingerprint density at radius 3 is 2.36 bits per heavy atom. The van der Waals surface area contributed by atoms with Crippen molar-refractivity contribution < 1.29 is 4.79 Å². The predicted octanol–water partition coefficient (Wildman–Crippen LogP) is 1.09. The van der Waals surface area contributed by atoms with Gasteiger partial charge in [0.15, 0.2) is 5.54 Å². The summed E-state index contributed by atoms with van der Waals surface area (Å²) in [4.78, 5) is 16.1. The molecular weight excluding hydrogens is 178 g/mol. The molecule has 0 aromatic carbocycles. The van der Waals surface area contributed by atoms with E-state index >= 15 is 0 Å². The maximum atomic E-state index is 10.2. The molecule has 0 spiro atoms. The summed E-state index contributed by atoms with van der Waals surface area (Å²) in [6, 6.07) is 2.61. The molecule has 1 heterocycles. The van der Waals surface area contributed by atoms with Crippen molar-refractivity contribution in [2.45, 2.75) is 38.3 Å². The zero-order chi connectivity index (χ0) is 10.6. The average molecular weight is 193 g/mol. The summed E-state index contributed by atoms with van der Waals surface area (Å²) in [5.74, 6) is 0. The second-order valence-electron chi connectivity index (χ2n) is 3.98. The molecule has 0 bridgehead atoms.